The molecule has 4 N–H and O–H groups in total. The third-order valence-electron chi connectivity index (χ3n) is 1.75. The zero-order chi connectivity index (χ0) is 8.59. The van der Waals surface area contributed by atoms with Gasteiger partial charge < -0.3 is 25.2 Å². The van der Waals surface area contributed by atoms with Gasteiger partial charge >= 0.3 is 0 Å². The van der Waals surface area contributed by atoms with Crippen LogP contribution in [0.3, 0.4) is 0 Å². The summed E-state index contributed by atoms with van der Waals surface area (Å²) in [5.74, 6) is 0. The van der Waals surface area contributed by atoms with Crippen molar-refractivity contribution in [1.82, 2.24) is 0 Å². The van der Waals surface area contributed by atoms with Gasteiger partial charge in [-0.2, -0.15) is 0 Å². The maximum Gasteiger partial charge on any atom is 0.184 e. The molecule has 0 radical (unpaired) electrons. The summed E-state index contributed by atoms with van der Waals surface area (Å²) in [5.41, 5.74) is 0. The van der Waals surface area contributed by atoms with Gasteiger partial charge in [0.1, 0.15) is 18.3 Å². The molecule has 1 fully saturated rings. The lowest BCUT2D eigenvalue weighted by molar-refractivity contribution is -0.143. The second-order valence-corrected chi connectivity index (χ2v) is 2.71. The van der Waals surface area contributed by atoms with Crippen molar-refractivity contribution in [1.29, 1.82) is 0 Å². The second kappa shape index (κ2) is 3.04. The lowest BCUT2D eigenvalue weighted by Crippen LogP contribution is -2.37. The summed E-state index contributed by atoms with van der Waals surface area (Å²) in [6, 6.07) is 0. The Labute approximate surface area is 63.8 Å². The molecule has 0 amide bonds. The van der Waals surface area contributed by atoms with Crippen molar-refractivity contribution in [2.24, 2.45) is 0 Å². The molecule has 0 aliphatic carbocycles. The van der Waals surface area contributed by atoms with Crippen LogP contribution in [0, 0.1) is 0 Å². The van der Waals surface area contributed by atoms with Crippen molar-refractivity contribution in [3.8, 4) is 0 Å². The van der Waals surface area contributed by atoms with Crippen LogP contribution in [-0.2, 0) is 4.74 Å². The minimum Gasteiger partial charge on any atom is -0.391 e. The third kappa shape index (κ3) is 1.52. The molecule has 1 rings (SSSR count). The van der Waals surface area contributed by atoms with Gasteiger partial charge in [0.2, 0.25) is 0 Å². The van der Waals surface area contributed by atoms with E-state index in [-0.39, 0.29) is 0 Å². The van der Waals surface area contributed by atoms with Crippen LogP contribution in [0.15, 0.2) is 0 Å². The van der Waals surface area contributed by atoms with Crippen LogP contribution in [0.5, 0.6) is 0 Å². The van der Waals surface area contributed by atoms with Crippen LogP contribution in [0.4, 0.5) is 0 Å². The minimum absolute atomic E-state index is 0.903. The highest BCUT2D eigenvalue weighted by Crippen LogP contribution is 2.21. The summed E-state index contributed by atoms with van der Waals surface area (Å²) in [7, 11) is 0. The van der Waals surface area contributed by atoms with Gasteiger partial charge in [-0.25, -0.2) is 0 Å². The van der Waals surface area contributed by atoms with E-state index in [1.165, 1.54) is 6.92 Å². The van der Waals surface area contributed by atoms with E-state index in [1.807, 2.05) is 0 Å². The van der Waals surface area contributed by atoms with Crippen LogP contribution >= 0.6 is 0 Å². The summed E-state index contributed by atoms with van der Waals surface area (Å²) in [6.45, 7) is 1.42. The van der Waals surface area contributed by atoms with Crippen LogP contribution in [0.2, 0.25) is 0 Å². The Morgan fingerprint density at radius 3 is 1.91 bits per heavy atom. The Morgan fingerprint density at radius 2 is 1.73 bits per heavy atom. The number of hydrogen-bond acceptors (Lipinski definition) is 5. The van der Waals surface area contributed by atoms with Gasteiger partial charge in [0.25, 0.3) is 0 Å². The molecule has 1 aliphatic heterocycles. The summed E-state index contributed by atoms with van der Waals surface area (Å²) in [5, 5.41) is 35.8. The molecule has 5 atom stereocenters. The molecule has 0 bridgehead atoms. The van der Waals surface area contributed by atoms with E-state index >= 15 is 0 Å². The second-order valence-electron chi connectivity index (χ2n) is 2.71. The molecular formula is C6H12O5. The van der Waals surface area contributed by atoms with Crippen molar-refractivity contribution < 1.29 is 25.2 Å². The van der Waals surface area contributed by atoms with Crippen molar-refractivity contribution >= 4 is 0 Å². The molecule has 1 aliphatic rings. The summed E-state index contributed by atoms with van der Waals surface area (Å²) < 4.78 is 4.65. The molecular weight excluding hydrogens is 152 g/mol. The van der Waals surface area contributed by atoms with Gasteiger partial charge in [-0.3, -0.25) is 0 Å². The van der Waals surface area contributed by atoms with Gasteiger partial charge in [-0.1, -0.05) is 0 Å². The lowest BCUT2D eigenvalue weighted by atomic mass is 10.1. The smallest absolute Gasteiger partial charge is 0.184 e. The number of ether oxygens (including phenoxy) is 1. The standard InChI is InChI=1S/C6H12O5/c1-2(7)5-3(8)4(9)6(10)11-5/h2-10H,1H3/t2-,3-,4-,5+,6+/m0/s1. The quantitative estimate of drug-likeness (QED) is 0.353. The number of hydrogen-bond donors (Lipinski definition) is 4. The molecule has 11 heavy (non-hydrogen) atoms. The molecule has 1 saturated heterocycles. The van der Waals surface area contributed by atoms with Crippen molar-refractivity contribution in [2.45, 2.75) is 37.6 Å². The summed E-state index contributed by atoms with van der Waals surface area (Å²) in [4.78, 5) is 0. The van der Waals surface area contributed by atoms with Gasteiger partial charge in [0, 0.05) is 0 Å². The zero-order valence-electron chi connectivity index (χ0n) is 6.08. The van der Waals surface area contributed by atoms with E-state index in [0.717, 1.165) is 0 Å². The fraction of sp³-hybridized carbons (Fsp3) is 1.00. The van der Waals surface area contributed by atoms with Crippen molar-refractivity contribution in [3.63, 3.8) is 0 Å². The Hall–Kier alpha value is -0.200. The monoisotopic (exact) mass is 164 g/mol. The highest BCUT2D eigenvalue weighted by atomic mass is 16.6. The molecule has 5 heteroatoms. The Bertz CT molecular complexity index is 137. The van der Waals surface area contributed by atoms with Crippen LogP contribution in [0.25, 0.3) is 0 Å². The molecule has 0 unspecified atom stereocenters. The Balaban J connectivity index is 2.59. The first-order chi connectivity index (χ1) is 5.04. The first-order valence-electron chi connectivity index (χ1n) is 3.41. The highest BCUT2D eigenvalue weighted by Gasteiger charge is 2.43. The number of aliphatic hydroxyl groups excluding tert-OH is 4. The highest BCUT2D eigenvalue weighted by molar-refractivity contribution is 4.88. The average Bonchev–Trinajstić information content (AvgIpc) is 2.17. The van der Waals surface area contributed by atoms with E-state index in [4.69, 9.17) is 20.4 Å². The fourth-order valence-electron chi connectivity index (χ4n) is 1.08. The van der Waals surface area contributed by atoms with E-state index in [0.29, 0.717) is 0 Å². The minimum atomic E-state index is -1.40. The van der Waals surface area contributed by atoms with Crippen LogP contribution < -0.4 is 0 Å². The molecule has 0 aromatic carbocycles. The lowest BCUT2D eigenvalue weighted by Gasteiger charge is -2.16. The molecule has 0 saturated carbocycles. The number of aliphatic hydroxyl groups is 4. The van der Waals surface area contributed by atoms with E-state index in [1.54, 1.807) is 0 Å². The van der Waals surface area contributed by atoms with Gasteiger partial charge in [-0.05, 0) is 6.92 Å². The molecule has 0 spiro atoms. The molecule has 0 aromatic rings. The largest absolute Gasteiger partial charge is 0.391 e. The molecule has 66 valence electrons. The maximum absolute atomic E-state index is 9.10. The van der Waals surface area contributed by atoms with E-state index in [2.05, 4.69) is 4.74 Å². The topological polar surface area (TPSA) is 90.2 Å². The van der Waals surface area contributed by atoms with Crippen LogP contribution in [0.1, 0.15) is 6.92 Å². The number of rotatable bonds is 1. The molecule has 5 nitrogen and oxygen atoms in total. The van der Waals surface area contributed by atoms with Gasteiger partial charge in [0.05, 0.1) is 6.10 Å². The Morgan fingerprint density at radius 1 is 1.18 bits per heavy atom. The van der Waals surface area contributed by atoms with Crippen LogP contribution in [-0.4, -0.2) is 51.1 Å². The zero-order valence-corrected chi connectivity index (χ0v) is 6.08. The van der Waals surface area contributed by atoms with Crippen molar-refractivity contribution in [2.75, 3.05) is 0 Å². The predicted octanol–water partition coefficient (Wildman–Crippen LogP) is -2.19. The Kier molecular flexibility index (Phi) is 2.46. The first kappa shape index (κ1) is 8.89. The maximum atomic E-state index is 9.10. The van der Waals surface area contributed by atoms with E-state index < -0.39 is 30.7 Å². The summed E-state index contributed by atoms with van der Waals surface area (Å²) in [6.07, 6.45) is -5.75. The average molecular weight is 164 g/mol. The van der Waals surface area contributed by atoms with Gasteiger partial charge in [0.15, 0.2) is 6.29 Å². The predicted molar refractivity (Wildman–Crippen MR) is 34.6 cm³/mol. The van der Waals surface area contributed by atoms with Crippen molar-refractivity contribution in [3.05, 3.63) is 0 Å². The third-order valence-corrected chi connectivity index (χ3v) is 1.75. The fourth-order valence-corrected chi connectivity index (χ4v) is 1.08. The first-order valence-corrected chi connectivity index (χ1v) is 3.41. The SMILES string of the molecule is C[C@H](O)[C@H]1O[C@@H](O)[C@@H](O)[C@@H]1O. The summed E-state index contributed by atoms with van der Waals surface area (Å²) >= 11 is 0. The van der Waals surface area contributed by atoms with E-state index in [9.17, 15) is 0 Å². The normalized spacial score (nSPS) is 47.7. The molecule has 1 heterocycles. The van der Waals surface area contributed by atoms with Gasteiger partial charge in [-0.15, -0.1) is 0 Å². The molecule has 0 aromatic heterocycles.